The van der Waals surface area contributed by atoms with E-state index in [1.807, 2.05) is 50.3 Å². The Morgan fingerprint density at radius 2 is 2.17 bits per heavy atom. The number of aromatic nitrogens is 2. The molecule has 2 aromatic heterocycles. The van der Waals surface area contributed by atoms with E-state index in [0.717, 1.165) is 22.9 Å². The number of hydrogen-bond donors (Lipinski definition) is 2. The minimum Gasteiger partial charge on any atom is -0.363 e. The number of nitrogens with zero attached hydrogens (tertiary/aromatic N) is 3. The van der Waals surface area contributed by atoms with E-state index >= 15 is 0 Å². The lowest BCUT2D eigenvalue weighted by Gasteiger charge is -2.14. The molecular formula is C16H23N5OS. The van der Waals surface area contributed by atoms with E-state index in [-0.39, 0.29) is 12.1 Å². The molecule has 0 saturated heterocycles. The summed E-state index contributed by atoms with van der Waals surface area (Å²) < 4.78 is 0. The fraction of sp³-hybridized carbons (Fsp3) is 0.438. The first-order valence-corrected chi connectivity index (χ1v) is 8.43. The number of pyridine rings is 1. The van der Waals surface area contributed by atoms with Crippen molar-refractivity contribution in [2.75, 3.05) is 19.0 Å². The topological polar surface area (TPSA) is 70.2 Å². The molecule has 0 radical (unpaired) electrons. The third kappa shape index (κ3) is 4.92. The number of rotatable bonds is 6. The standard InChI is InChI=1S/C16H23N5OS/c1-5-13-10-17-15(23-13)11(2)19-16(22)18-9-12-7-6-8-14(20-12)21(3)4/h6-8,10-11H,5,9H2,1-4H3,(H2,18,19,22). The minimum atomic E-state index is -0.220. The molecular weight excluding hydrogens is 310 g/mol. The van der Waals surface area contributed by atoms with Gasteiger partial charge in [-0.25, -0.2) is 14.8 Å². The van der Waals surface area contributed by atoms with Crippen LogP contribution >= 0.6 is 11.3 Å². The highest BCUT2D eigenvalue weighted by atomic mass is 32.1. The highest BCUT2D eigenvalue weighted by molar-refractivity contribution is 7.11. The fourth-order valence-electron chi connectivity index (χ4n) is 1.98. The van der Waals surface area contributed by atoms with E-state index in [1.165, 1.54) is 4.88 Å². The van der Waals surface area contributed by atoms with Gasteiger partial charge in [-0.05, 0) is 25.5 Å². The molecule has 0 fully saturated rings. The summed E-state index contributed by atoms with van der Waals surface area (Å²) in [5, 5.41) is 6.65. The highest BCUT2D eigenvalue weighted by Crippen LogP contribution is 2.20. The van der Waals surface area contributed by atoms with Gasteiger partial charge in [0, 0.05) is 25.2 Å². The van der Waals surface area contributed by atoms with E-state index < -0.39 is 0 Å². The van der Waals surface area contributed by atoms with Crippen molar-refractivity contribution in [3.63, 3.8) is 0 Å². The van der Waals surface area contributed by atoms with Crippen LogP contribution in [0.1, 0.15) is 35.5 Å². The molecule has 7 heteroatoms. The number of aryl methyl sites for hydroxylation is 1. The summed E-state index contributed by atoms with van der Waals surface area (Å²) >= 11 is 1.63. The summed E-state index contributed by atoms with van der Waals surface area (Å²) in [6.07, 6.45) is 2.83. The van der Waals surface area contributed by atoms with Gasteiger partial charge in [-0.3, -0.25) is 0 Å². The van der Waals surface area contributed by atoms with Gasteiger partial charge in [0.25, 0.3) is 0 Å². The number of anilines is 1. The molecule has 0 aromatic carbocycles. The molecule has 0 spiro atoms. The van der Waals surface area contributed by atoms with Gasteiger partial charge in [-0.15, -0.1) is 11.3 Å². The van der Waals surface area contributed by atoms with Crippen molar-refractivity contribution in [2.45, 2.75) is 32.9 Å². The predicted molar refractivity (Wildman–Crippen MR) is 93.8 cm³/mol. The van der Waals surface area contributed by atoms with Crippen molar-refractivity contribution in [1.82, 2.24) is 20.6 Å². The summed E-state index contributed by atoms with van der Waals surface area (Å²) in [7, 11) is 3.87. The molecule has 0 aliphatic rings. The largest absolute Gasteiger partial charge is 0.363 e. The molecule has 6 nitrogen and oxygen atoms in total. The molecule has 0 bridgehead atoms. The SMILES string of the molecule is CCc1cnc(C(C)NC(=O)NCc2cccc(N(C)C)n2)s1. The average molecular weight is 333 g/mol. The number of urea groups is 1. The monoisotopic (exact) mass is 333 g/mol. The molecule has 124 valence electrons. The smallest absolute Gasteiger partial charge is 0.315 e. The van der Waals surface area contributed by atoms with Crippen molar-refractivity contribution in [3.05, 3.63) is 40.0 Å². The lowest BCUT2D eigenvalue weighted by atomic mass is 10.3. The lowest BCUT2D eigenvalue weighted by Crippen LogP contribution is -2.36. The van der Waals surface area contributed by atoms with Crippen molar-refractivity contribution >= 4 is 23.2 Å². The van der Waals surface area contributed by atoms with E-state index in [0.29, 0.717) is 6.54 Å². The Balaban J connectivity index is 1.86. The van der Waals surface area contributed by atoms with Gasteiger partial charge in [0.1, 0.15) is 10.8 Å². The molecule has 1 unspecified atom stereocenters. The predicted octanol–water partition coefficient (Wildman–Crippen LogP) is 2.73. The normalized spacial score (nSPS) is 11.8. The summed E-state index contributed by atoms with van der Waals surface area (Å²) in [5.41, 5.74) is 0.821. The maximum Gasteiger partial charge on any atom is 0.315 e. The van der Waals surface area contributed by atoms with E-state index in [2.05, 4.69) is 27.5 Å². The Hall–Kier alpha value is -2.15. The Morgan fingerprint density at radius 3 is 2.83 bits per heavy atom. The van der Waals surface area contributed by atoms with Crippen LogP contribution in [0.2, 0.25) is 0 Å². The first kappa shape index (κ1) is 17.2. The summed E-state index contributed by atoms with van der Waals surface area (Å²) in [6.45, 7) is 4.41. The van der Waals surface area contributed by atoms with Crippen LogP contribution in [0, 0.1) is 0 Å². The van der Waals surface area contributed by atoms with Crippen LogP contribution in [-0.4, -0.2) is 30.1 Å². The van der Waals surface area contributed by atoms with Crippen LogP contribution < -0.4 is 15.5 Å². The van der Waals surface area contributed by atoms with Gasteiger partial charge in [0.2, 0.25) is 0 Å². The van der Waals surface area contributed by atoms with Gasteiger partial charge >= 0.3 is 6.03 Å². The minimum absolute atomic E-state index is 0.110. The molecule has 0 aliphatic carbocycles. The van der Waals surface area contributed by atoms with Crippen molar-refractivity contribution in [1.29, 1.82) is 0 Å². The molecule has 0 aliphatic heterocycles. The molecule has 2 N–H and O–H groups in total. The van der Waals surface area contributed by atoms with E-state index in [1.54, 1.807) is 11.3 Å². The molecule has 0 saturated carbocycles. The first-order chi connectivity index (χ1) is 11.0. The fourth-order valence-corrected chi connectivity index (χ4v) is 2.84. The van der Waals surface area contributed by atoms with Gasteiger partial charge in [0.05, 0.1) is 18.3 Å². The zero-order valence-electron chi connectivity index (χ0n) is 14.0. The van der Waals surface area contributed by atoms with E-state index in [9.17, 15) is 4.79 Å². The van der Waals surface area contributed by atoms with Crippen LogP contribution in [0.25, 0.3) is 0 Å². The van der Waals surface area contributed by atoms with Gasteiger partial charge in [0.15, 0.2) is 0 Å². The second kappa shape index (κ2) is 7.92. The second-order valence-electron chi connectivity index (χ2n) is 5.45. The van der Waals surface area contributed by atoms with E-state index in [4.69, 9.17) is 0 Å². The summed E-state index contributed by atoms with van der Waals surface area (Å²) in [4.78, 5) is 24.0. The van der Waals surface area contributed by atoms with Gasteiger partial charge < -0.3 is 15.5 Å². The van der Waals surface area contributed by atoms with Gasteiger partial charge in [-0.2, -0.15) is 0 Å². The quantitative estimate of drug-likeness (QED) is 0.853. The van der Waals surface area contributed by atoms with Crippen LogP contribution in [0.5, 0.6) is 0 Å². The Morgan fingerprint density at radius 1 is 1.39 bits per heavy atom. The first-order valence-electron chi connectivity index (χ1n) is 7.61. The number of thiazole rings is 1. The van der Waals surface area contributed by atoms with Crippen molar-refractivity contribution in [2.24, 2.45) is 0 Å². The molecule has 2 aromatic rings. The molecule has 2 rings (SSSR count). The summed E-state index contributed by atoms with van der Waals surface area (Å²) in [5.74, 6) is 0.868. The number of carbonyl (C=O) groups is 1. The highest BCUT2D eigenvalue weighted by Gasteiger charge is 2.13. The Kier molecular flexibility index (Phi) is 5.92. The average Bonchev–Trinajstić information content (AvgIpc) is 3.02. The maximum atomic E-state index is 12.0. The van der Waals surface area contributed by atoms with Gasteiger partial charge in [-0.1, -0.05) is 13.0 Å². The van der Waals surface area contributed by atoms with Crippen LogP contribution in [-0.2, 0) is 13.0 Å². The lowest BCUT2D eigenvalue weighted by molar-refractivity contribution is 0.237. The number of hydrogen-bond acceptors (Lipinski definition) is 5. The summed E-state index contributed by atoms with van der Waals surface area (Å²) in [6, 6.07) is 5.43. The second-order valence-corrected chi connectivity index (χ2v) is 6.60. The zero-order chi connectivity index (χ0) is 16.8. The molecule has 2 heterocycles. The number of amides is 2. The zero-order valence-corrected chi connectivity index (χ0v) is 14.8. The molecule has 1 atom stereocenters. The Labute approximate surface area is 141 Å². The Bertz CT molecular complexity index is 655. The molecule has 23 heavy (non-hydrogen) atoms. The third-order valence-electron chi connectivity index (χ3n) is 3.32. The number of carbonyl (C=O) groups excluding carboxylic acids is 1. The third-order valence-corrected chi connectivity index (χ3v) is 4.64. The van der Waals surface area contributed by atoms with Crippen molar-refractivity contribution < 1.29 is 4.79 Å². The van der Waals surface area contributed by atoms with Crippen LogP contribution in [0.3, 0.4) is 0 Å². The number of nitrogens with one attached hydrogen (secondary N) is 2. The molecule has 2 amide bonds. The van der Waals surface area contributed by atoms with Crippen LogP contribution in [0.4, 0.5) is 10.6 Å². The van der Waals surface area contributed by atoms with Crippen molar-refractivity contribution in [3.8, 4) is 0 Å². The maximum absolute atomic E-state index is 12.0. The van der Waals surface area contributed by atoms with Crippen LogP contribution in [0.15, 0.2) is 24.4 Å².